The van der Waals surface area contributed by atoms with Gasteiger partial charge in [-0.3, -0.25) is 4.98 Å². The summed E-state index contributed by atoms with van der Waals surface area (Å²) in [4.78, 5) is 7.34. The summed E-state index contributed by atoms with van der Waals surface area (Å²) in [5.41, 5.74) is 10.4. The highest BCUT2D eigenvalue weighted by molar-refractivity contribution is 5.85. The van der Waals surface area contributed by atoms with E-state index in [1.807, 2.05) is 0 Å². The predicted octanol–water partition coefficient (Wildman–Crippen LogP) is 0.0628. The second kappa shape index (κ2) is 3.09. The van der Waals surface area contributed by atoms with E-state index in [-0.39, 0.29) is 12.4 Å². The Kier molecular flexibility index (Phi) is 2.73. The topological polar surface area (TPSA) is 77.8 Å². The van der Waals surface area contributed by atoms with E-state index in [9.17, 15) is 0 Å². The SMILES string of the molecule is Cl.Nc1cncc(N)n1. The summed E-state index contributed by atoms with van der Waals surface area (Å²) in [6.07, 6.45) is 2.88. The zero-order valence-electron chi connectivity index (χ0n) is 4.61. The highest BCUT2D eigenvalue weighted by Crippen LogP contribution is 1.95. The van der Waals surface area contributed by atoms with Crippen LogP contribution < -0.4 is 11.5 Å². The molecule has 0 unspecified atom stereocenters. The Morgan fingerprint density at radius 1 is 1.11 bits per heavy atom. The number of aromatic nitrogens is 2. The fourth-order valence-corrected chi connectivity index (χ4v) is 0.397. The highest BCUT2D eigenvalue weighted by Gasteiger charge is 1.84. The molecule has 0 aliphatic heterocycles. The smallest absolute Gasteiger partial charge is 0.144 e. The molecule has 0 fully saturated rings. The molecule has 1 aromatic heterocycles. The number of nitrogens with zero attached hydrogens (tertiary/aromatic N) is 2. The van der Waals surface area contributed by atoms with Gasteiger partial charge in [0.2, 0.25) is 0 Å². The van der Waals surface area contributed by atoms with Gasteiger partial charge in [0.05, 0.1) is 12.4 Å². The first-order chi connectivity index (χ1) is 3.79. The first kappa shape index (κ1) is 7.97. The molecule has 0 aliphatic rings. The minimum absolute atomic E-state index is 0. The average molecular weight is 147 g/mol. The standard InChI is InChI=1S/C4H6N4.ClH/c5-3-1-7-2-4(6)8-3;/h1-2H,(H4,5,6,8);1H. The van der Waals surface area contributed by atoms with E-state index >= 15 is 0 Å². The number of anilines is 2. The van der Waals surface area contributed by atoms with Crippen LogP contribution in [0.4, 0.5) is 11.6 Å². The fourth-order valence-electron chi connectivity index (χ4n) is 0.397. The molecule has 4 N–H and O–H groups in total. The van der Waals surface area contributed by atoms with E-state index < -0.39 is 0 Å². The highest BCUT2D eigenvalue weighted by atomic mass is 35.5. The lowest BCUT2D eigenvalue weighted by molar-refractivity contribution is 1.22. The van der Waals surface area contributed by atoms with E-state index in [1.54, 1.807) is 0 Å². The lowest BCUT2D eigenvalue weighted by Gasteiger charge is -1.89. The summed E-state index contributed by atoms with van der Waals surface area (Å²) >= 11 is 0. The van der Waals surface area contributed by atoms with Gasteiger partial charge in [-0.1, -0.05) is 0 Å². The van der Waals surface area contributed by atoms with E-state index in [0.29, 0.717) is 11.6 Å². The van der Waals surface area contributed by atoms with Crippen LogP contribution in [0, 0.1) is 0 Å². The van der Waals surface area contributed by atoms with Crippen molar-refractivity contribution < 1.29 is 0 Å². The van der Waals surface area contributed by atoms with Gasteiger partial charge >= 0.3 is 0 Å². The van der Waals surface area contributed by atoms with E-state index in [1.165, 1.54) is 12.4 Å². The van der Waals surface area contributed by atoms with Gasteiger partial charge in [0.25, 0.3) is 0 Å². The second-order valence-electron chi connectivity index (χ2n) is 1.37. The first-order valence-corrected chi connectivity index (χ1v) is 2.12. The van der Waals surface area contributed by atoms with Crippen molar-refractivity contribution in [2.75, 3.05) is 11.5 Å². The van der Waals surface area contributed by atoms with Crippen LogP contribution in [0.3, 0.4) is 0 Å². The normalized spacial score (nSPS) is 8.00. The van der Waals surface area contributed by atoms with Crippen LogP contribution in [-0.4, -0.2) is 9.97 Å². The summed E-state index contributed by atoms with van der Waals surface area (Å²) in [5, 5.41) is 0. The van der Waals surface area contributed by atoms with Gasteiger partial charge in [-0.2, -0.15) is 0 Å². The van der Waals surface area contributed by atoms with Crippen LogP contribution in [-0.2, 0) is 0 Å². The molecule has 0 spiro atoms. The third-order valence-electron chi connectivity index (χ3n) is 0.672. The van der Waals surface area contributed by atoms with Gasteiger partial charge < -0.3 is 11.5 Å². The number of hydrogen-bond donors (Lipinski definition) is 2. The van der Waals surface area contributed by atoms with Crippen LogP contribution in [0.5, 0.6) is 0 Å². The number of halogens is 1. The quantitative estimate of drug-likeness (QED) is 0.543. The molecule has 0 atom stereocenters. The van der Waals surface area contributed by atoms with Gasteiger partial charge in [0.1, 0.15) is 11.6 Å². The van der Waals surface area contributed by atoms with Crippen molar-refractivity contribution in [2.45, 2.75) is 0 Å². The summed E-state index contributed by atoms with van der Waals surface area (Å²) in [7, 11) is 0. The molecule has 1 rings (SSSR count). The van der Waals surface area contributed by atoms with Gasteiger partial charge in [-0.15, -0.1) is 12.4 Å². The maximum atomic E-state index is 5.20. The summed E-state index contributed by atoms with van der Waals surface area (Å²) in [6.45, 7) is 0. The Hall–Kier alpha value is -1.03. The number of nitrogen functional groups attached to an aromatic ring is 2. The Morgan fingerprint density at radius 2 is 1.56 bits per heavy atom. The van der Waals surface area contributed by atoms with Gasteiger partial charge in [-0.25, -0.2) is 4.98 Å². The minimum Gasteiger partial charge on any atom is -0.382 e. The molecule has 0 aromatic carbocycles. The first-order valence-electron chi connectivity index (χ1n) is 2.12. The molecule has 4 nitrogen and oxygen atoms in total. The van der Waals surface area contributed by atoms with Crippen LogP contribution in [0.1, 0.15) is 0 Å². The maximum Gasteiger partial charge on any atom is 0.144 e. The Labute approximate surface area is 58.7 Å². The monoisotopic (exact) mass is 146 g/mol. The zero-order valence-corrected chi connectivity index (χ0v) is 5.43. The van der Waals surface area contributed by atoms with Crippen molar-refractivity contribution in [3.8, 4) is 0 Å². The summed E-state index contributed by atoms with van der Waals surface area (Å²) < 4.78 is 0. The largest absolute Gasteiger partial charge is 0.382 e. The van der Waals surface area contributed by atoms with Crippen molar-refractivity contribution in [3.05, 3.63) is 12.4 Å². The minimum atomic E-state index is 0. The molecule has 50 valence electrons. The Bertz CT molecular complexity index is 172. The van der Waals surface area contributed by atoms with Gasteiger partial charge in [0.15, 0.2) is 0 Å². The molecule has 0 saturated carbocycles. The fraction of sp³-hybridized carbons (Fsp3) is 0. The molecular weight excluding hydrogens is 140 g/mol. The predicted molar refractivity (Wildman–Crippen MR) is 38.1 cm³/mol. The average Bonchev–Trinajstić information content (AvgIpc) is 1.64. The van der Waals surface area contributed by atoms with Crippen molar-refractivity contribution in [1.29, 1.82) is 0 Å². The van der Waals surface area contributed by atoms with Crippen LogP contribution in [0.2, 0.25) is 0 Å². The van der Waals surface area contributed by atoms with Crippen molar-refractivity contribution >= 4 is 24.0 Å². The molecular formula is C4H7ClN4. The summed E-state index contributed by atoms with van der Waals surface area (Å²) in [6, 6.07) is 0. The van der Waals surface area contributed by atoms with Crippen molar-refractivity contribution in [1.82, 2.24) is 9.97 Å². The second-order valence-corrected chi connectivity index (χ2v) is 1.37. The van der Waals surface area contributed by atoms with Crippen molar-refractivity contribution in [3.63, 3.8) is 0 Å². The lowest BCUT2D eigenvalue weighted by Crippen LogP contribution is -1.95. The molecule has 1 aromatic rings. The number of nitrogens with two attached hydrogens (primary N) is 2. The zero-order chi connectivity index (χ0) is 5.98. The molecule has 1 heterocycles. The van der Waals surface area contributed by atoms with E-state index in [2.05, 4.69) is 9.97 Å². The van der Waals surface area contributed by atoms with E-state index in [4.69, 9.17) is 11.5 Å². The third kappa shape index (κ3) is 2.14. The Morgan fingerprint density at radius 3 is 1.78 bits per heavy atom. The molecule has 0 aliphatic carbocycles. The van der Waals surface area contributed by atoms with Gasteiger partial charge in [-0.05, 0) is 0 Å². The molecule has 0 radical (unpaired) electrons. The summed E-state index contributed by atoms with van der Waals surface area (Å²) in [5.74, 6) is 0.704. The molecule has 5 heteroatoms. The van der Waals surface area contributed by atoms with E-state index in [0.717, 1.165) is 0 Å². The van der Waals surface area contributed by atoms with Crippen LogP contribution in [0.15, 0.2) is 12.4 Å². The molecule has 0 amide bonds. The van der Waals surface area contributed by atoms with Crippen molar-refractivity contribution in [2.24, 2.45) is 0 Å². The molecule has 0 saturated heterocycles. The third-order valence-corrected chi connectivity index (χ3v) is 0.672. The molecule has 0 bridgehead atoms. The van der Waals surface area contributed by atoms with Crippen LogP contribution in [0.25, 0.3) is 0 Å². The van der Waals surface area contributed by atoms with Gasteiger partial charge in [0, 0.05) is 0 Å². The number of hydrogen-bond acceptors (Lipinski definition) is 4. The lowest BCUT2D eigenvalue weighted by atomic mass is 10.6. The molecule has 9 heavy (non-hydrogen) atoms. The number of rotatable bonds is 0. The Balaban J connectivity index is 0.000000640. The van der Waals surface area contributed by atoms with Crippen LogP contribution >= 0.6 is 12.4 Å². The maximum absolute atomic E-state index is 5.20.